The highest BCUT2D eigenvalue weighted by Gasteiger charge is 2.54. The van der Waals surface area contributed by atoms with Crippen LogP contribution in [0, 0.1) is 40.9 Å². The van der Waals surface area contributed by atoms with Crippen LogP contribution in [0.15, 0.2) is 49.2 Å². The smallest absolute Gasteiger partial charge is 0.200 e. The van der Waals surface area contributed by atoms with Crippen molar-refractivity contribution in [2.75, 3.05) is 13.1 Å². The van der Waals surface area contributed by atoms with Crippen LogP contribution in [-0.4, -0.2) is 33.7 Å². The summed E-state index contributed by atoms with van der Waals surface area (Å²) in [6.07, 6.45) is 3.64. The van der Waals surface area contributed by atoms with Gasteiger partial charge in [0.2, 0.25) is 5.82 Å². The van der Waals surface area contributed by atoms with Crippen LogP contribution in [0.5, 0.6) is 0 Å². The molecule has 3 fully saturated rings. The van der Waals surface area contributed by atoms with Crippen molar-refractivity contribution in [1.82, 2.24) is 4.98 Å². The Morgan fingerprint density at radius 3 is 2.37 bits per heavy atom. The van der Waals surface area contributed by atoms with Gasteiger partial charge >= 0.3 is 0 Å². The van der Waals surface area contributed by atoms with E-state index < -0.39 is 53.3 Å². The minimum atomic E-state index is -2.17. The number of para-hydroxylation sites is 1. The number of rotatable bonds is 5. The maximum atomic E-state index is 14.7. The minimum Gasteiger partial charge on any atom is -1.00 e. The molecule has 3 aliphatic rings. The summed E-state index contributed by atoms with van der Waals surface area (Å²) < 4.78 is 71.1. The normalized spacial score (nSPS) is 26.4. The van der Waals surface area contributed by atoms with Crippen LogP contribution in [0.3, 0.4) is 0 Å². The van der Waals surface area contributed by atoms with Crippen LogP contribution in [-0.2, 0) is 6.54 Å². The number of pyridine rings is 1. The highest BCUT2D eigenvalue weighted by molar-refractivity contribution is 5.82. The lowest BCUT2D eigenvalue weighted by molar-refractivity contribution is -0.985. The summed E-state index contributed by atoms with van der Waals surface area (Å²) in [6, 6.07) is 8.57. The van der Waals surface area contributed by atoms with Gasteiger partial charge in [0, 0.05) is 30.3 Å². The van der Waals surface area contributed by atoms with Gasteiger partial charge in [-0.15, -0.1) is 6.58 Å². The number of halogens is 6. The average molecular weight is 555 g/mol. The highest BCUT2D eigenvalue weighted by atomic mass is 79.9. The number of benzene rings is 2. The summed E-state index contributed by atoms with van der Waals surface area (Å²) in [4.78, 5) is 4.33. The van der Waals surface area contributed by atoms with E-state index in [4.69, 9.17) is 0 Å². The Morgan fingerprint density at radius 1 is 1.03 bits per heavy atom. The molecule has 0 radical (unpaired) electrons. The quantitative estimate of drug-likeness (QED) is 0.173. The topological polar surface area (TPSA) is 33.1 Å². The predicted octanol–water partition coefficient (Wildman–Crippen LogP) is 2.58. The average Bonchev–Trinajstić information content (AvgIpc) is 2.88. The molecular weight excluding hydrogens is 531 g/mol. The molecule has 0 saturated carbocycles. The van der Waals surface area contributed by atoms with E-state index in [0.717, 1.165) is 5.39 Å². The van der Waals surface area contributed by atoms with Gasteiger partial charge in [0.25, 0.3) is 0 Å². The van der Waals surface area contributed by atoms with Crippen molar-refractivity contribution in [3.8, 4) is 0 Å². The van der Waals surface area contributed by atoms with Crippen LogP contribution < -0.4 is 17.0 Å². The standard InChI is InChI=1S/C26H24F5N2O.BrH/c1-2-14-12-33(13-18-21(27)23(29)25(31)24(30)22(18)28)10-8-15(14)11-20(33)26(34)17-7-9-32-19-6-4-3-5-16(17)19;/h2-7,9,14-15,20,26,34H,1,8,10-13H2;1H/q+1;/p-1/t14?,15?,20?,26-,33?;/m1./s1. The molecule has 35 heavy (non-hydrogen) atoms. The first-order valence-electron chi connectivity index (χ1n) is 11.3. The third-order valence-corrected chi connectivity index (χ3v) is 7.82. The Balaban J connectivity index is 0.00000289. The summed E-state index contributed by atoms with van der Waals surface area (Å²) >= 11 is 0. The van der Waals surface area contributed by atoms with E-state index in [1.165, 1.54) is 0 Å². The van der Waals surface area contributed by atoms with Gasteiger partial charge in [-0.3, -0.25) is 4.98 Å². The highest BCUT2D eigenvalue weighted by Crippen LogP contribution is 2.48. The number of hydrogen-bond acceptors (Lipinski definition) is 2. The number of aliphatic hydroxyl groups is 1. The summed E-state index contributed by atoms with van der Waals surface area (Å²) in [5, 5.41) is 12.4. The molecule has 3 saturated heterocycles. The first kappa shape index (κ1) is 25.7. The number of aromatic nitrogens is 1. The lowest BCUT2D eigenvalue weighted by Crippen LogP contribution is -3.00. The van der Waals surface area contributed by atoms with Gasteiger partial charge < -0.3 is 26.6 Å². The Hall–Kier alpha value is -2.36. The summed E-state index contributed by atoms with van der Waals surface area (Å²) in [5.74, 6) is -9.44. The first-order valence-corrected chi connectivity index (χ1v) is 11.3. The van der Waals surface area contributed by atoms with E-state index in [2.05, 4.69) is 11.6 Å². The van der Waals surface area contributed by atoms with Gasteiger partial charge in [-0.05, 0) is 23.6 Å². The van der Waals surface area contributed by atoms with Crippen LogP contribution in [0.1, 0.15) is 30.1 Å². The molecule has 186 valence electrons. The second-order valence-corrected chi connectivity index (χ2v) is 9.44. The van der Waals surface area contributed by atoms with Gasteiger partial charge in [-0.25, -0.2) is 22.0 Å². The van der Waals surface area contributed by atoms with Crippen molar-refractivity contribution in [2.24, 2.45) is 11.8 Å². The van der Waals surface area contributed by atoms with Crippen molar-refractivity contribution in [3.05, 3.63) is 89.4 Å². The SMILES string of the molecule is C=CC1C[N+]2(Cc3c(F)c(F)c(F)c(F)c3F)CCC1CC2[C@H](O)c1ccnc2ccccc12.[Br-]. The Labute approximate surface area is 210 Å². The molecule has 3 aromatic rings. The Bertz CT molecular complexity index is 1250. The van der Waals surface area contributed by atoms with Crippen LogP contribution in [0.4, 0.5) is 22.0 Å². The van der Waals surface area contributed by atoms with Crippen molar-refractivity contribution in [1.29, 1.82) is 0 Å². The number of fused-ring (bicyclic) bond motifs is 4. The third-order valence-electron chi connectivity index (χ3n) is 7.82. The molecule has 2 bridgehead atoms. The Morgan fingerprint density at radius 2 is 1.69 bits per heavy atom. The number of piperidine rings is 3. The van der Waals surface area contributed by atoms with Crippen LogP contribution >= 0.6 is 0 Å². The van der Waals surface area contributed by atoms with Crippen molar-refractivity contribution < 1.29 is 48.5 Å². The van der Waals surface area contributed by atoms with Gasteiger partial charge in [-0.2, -0.15) is 0 Å². The largest absolute Gasteiger partial charge is 1.00 e. The van der Waals surface area contributed by atoms with Crippen LogP contribution in [0.2, 0.25) is 0 Å². The fourth-order valence-corrected chi connectivity index (χ4v) is 6.07. The maximum absolute atomic E-state index is 14.7. The molecule has 1 aromatic heterocycles. The van der Waals surface area contributed by atoms with Crippen molar-refractivity contribution in [2.45, 2.75) is 31.5 Å². The second-order valence-electron chi connectivity index (χ2n) is 9.44. The first-order chi connectivity index (χ1) is 16.3. The number of nitrogens with zero attached hydrogens (tertiary/aromatic N) is 2. The molecule has 1 N–H and O–H groups in total. The van der Waals surface area contributed by atoms with E-state index >= 15 is 0 Å². The van der Waals surface area contributed by atoms with Gasteiger partial charge in [-0.1, -0.05) is 24.3 Å². The fraction of sp³-hybridized carbons (Fsp3) is 0.346. The number of hydrogen-bond donors (Lipinski definition) is 1. The zero-order chi connectivity index (χ0) is 24.2. The second kappa shape index (κ2) is 9.59. The fourth-order valence-electron chi connectivity index (χ4n) is 6.07. The zero-order valence-corrected chi connectivity index (χ0v) is 20.3. The molecule has 4 unspecified atom stereocenters. The van der Waals surface area contributed by atoms with Crippen molar-refractivity contribution >= 4 is 10.9 Å². The summed E-state index contributed by atoms with van der Waals surface area (Å²) in [7, 11) is 0. The van der Waals surface area contributed by atoms with E-state index in [-0.39, 0.29) is 33.3 Å². The molecule has 3 aliphatic heterocycles. The van der Waals surface area contributed by atoms with Crippen LogP contribution in [0.25, 0.3) is 10.9 Å². The van der Waals surface area contributed by atoms with Gasteiger partial charge in [0.15, 0.2) is 23.3 Å². The molecular formula is C26H24BrF5N2O. The lowest BCUT2D eigenvalue weighted by atomic mass is 9.71. The van der Waals surface area contributed by atoms with E-state index in [1.54, 1.807) is 18.3 Å². The Kier molecular flexibility index (Phi) is 7.05. The molecule has 0 spiro atoms. The molecule has 6 rings (SSSR count). The zero-order valence-electron chi connectivity index (χ0n) is 18.7. The predicted molar refractivity (Wildman–Crippen MR) is 117 cm³/mol. The van der Waals surface area contributed by atoms with Gasteiger partial charge in [0.05, 0.1) is 24.2 Å². The molecule has 0 aliphatic carbocycles. The third kappa shape index (κ3) is 4.07. The molecule has 0 amide bonds. The summed E-state index contributed by atoms with van der Waals surface area (Å²) in [6.45, 7) is 4.34. The summed E-state index contributed by atoms with van der Waals surface area (Å²) in [5.41, 5.74) is 0.495. The van der Waals surface area contributed by atoms with E-state index in [1.807, 2.05) is 24.3 Å². The minimum absolute atomic E-state index is 0. The van der Waals surface area contributed by atoms with Gasteiger partial charge in [0.1, 0.15) is 18.7 Å². The molecule has 5 atom stereocenters. The maximum Gasteiger partial charge on any atom is 0.200 e. The monoisotopic (exact) mass is 554 g/mol. The molecule has 2 aromatic carbocycles. The molecule has 3 nitrogen and oxygen atoms in total. The molecule has 9 heteroatoms. The van der Waals surface area contributed by atoms with E-state index in [9.17, 15) is 27.1 Å². The van der Waals surface area contributed by atoms with Crippen molar-refractivity contribution in [3.63, 3.8) is 0 Å². The lowest BCUT2D eigenvalue weighted by Gasteiger charge is -2.58. The number of aliphatic hydroxyl groups excluding tert-OH is 1. The molecule has 4 heterocycles. The number of quaternary nitrogens is 1. The van der Waals surface area contributed by atoms with E-state index in [0.29, 0.717) is 37.0 Å².